The molecule has 0 atom stereocenters. The number of nitrogens with zero attached hydrogens (tertiary/aromatic N) is 1. The Morgan fingerprint density at radius 1 is 1.10 bits per heavy atom. The summed E-state index contributed by atoms with van der Waals surface area (Å²) in [5.74, 6) is 0.763. The van der Waals surface area contributed by atoms with Crippen molar-refractivity contribution < 1.29 is 4.74 Å². The van der Waals surface area contributed by atoms with Gasteiger partial charge in [-0.05, 0) is 32.9 Å². The maximum Gasteiger partial charge on any atom is 0.218 e. The summed E-state index contributed by atoms with van der Waals surface area (Å²) >= 11 is 0. The highest BCUT2D eigenvalue weighted by Gasteiger charge is 2.05. The molecule has 1 N–H and O–H groups in total. The van der Waals surface area contributed by atoms with E-state index in [1.165, 1.54) is 44.9 Å². The first-order valence-electron chi connectivity index (χ1n) is 8.55. The number of aromatic nitrogens is 1. The number of rotatable bonds is 12. The van der Waals surface area contributed by atoms with Crippen molar-refractivity contribution >= 4 is 0 Å². The minimum absolute atomic E-state index is 0.168. The highest BCUT2D eigenvalue weighted by Crippen LogP contribution is 2.15. The second-order valence-corrected chi connectivity index (χ2v) is 5.93. The number of hydrogen-bond acceptors (Lipinski definition) is 3. The molecule has 0 unspecified atom stereocenters. The van der Waals surface area contributed by atoms with E-state index in [1.807, 2.05) is 19.9 Å². The lowest BCUT2D eigenvalue weighted by Gasteiger charge is -2.13. The molecule has 1 aromatic heterocycles. The Kier molecular flexibility index (Phi) is 9.88. The molecular weight excluding hydrogens is 260 g/mol. The number of hydrogen-bond donors (Lipinski definition) is 1. The van der Waals surface area contributed by atoms with Gasteiger partial charge in [0.2, 0.25) is 5.88 Å². The number of unbranched alkanes of at least 4 members (excludes halogenated alkanes) is 6. The lowest BCUT2D eigenvalue weighted by molar-refractivity contribution is 0.229. The van der Waals surface area contributed by atoms with E-state index in [0.29, 0.717) is 0 Å². The van der Waals surface area contributed by atoms with Crippen molar-refractivity contribution in [1.82, 2.24) is 10.3 Å². The van der Waals surface area contributed by atoms with Crippen LogP contribution in [0.3, 0.4) is 0 Å². The summed E-state index contributed by atoms with van der Waals surface area (Å²) in [7, 11) is 0. The third-order valence-corrected chi connectivity index (χ3v) is 3.47. The third-order valence-electron chi connectivity index (χ3n) is 3.47. The highest BCUT2D eigenvalue weighted by molar-refractivity contribution is 5.25. The second-order valence-electron chi connectivity index (χ2n) is 5.93. The topological polar surface area (TPSA) is 34.2 Å². The number of ether oxygens (including phenoxy) is 1. The van der Waals surface area contributed by atoms with Gasteiger partial charge < -0.3 is 10.1 Å². The normalized spacial score (nSPS) is 11.0. The van der Waals surface area contributed by atoms with Crippen LogP contribution in [0.2, 0.25) is 0 Å². The quantitative estimate of drug-likeness (QED) is 0.567. The molecule has 0 saturated heterocycles. The van der Waals surface area contributed by atoms with Gasteiger partial charge in [-0.1, -0.05) is 51.5 Å². The van der Waals surface area contributed by atoms with E-state index in [9.17, 15) is 0 Å². The van der Waals surface area contributed by atoms with E-state index >= 15 is 0 Å². The number of nitrogens with one attached hydrogen (secondary N) is 1. The summed E-state index contributed by atoms with van der Waals surface area (Å²) in [6.45, 7) is 8.24. The van der Waals surface area contributed by atoms with E-state index in [1.54, 1.807) is 6.20 Å². The highest BCUT2D eigenvalue weighted by atomic mass is 16.5. The minimum atomic E-state index is 0.168. The number of pyridine rings is 1. The van der Waals surface area contributed by atoms with Crippen LogP contribution in [-0.2, 0) is 6.54 Å². The Bertz CT molecular complexity index is 366. The van der Waals surface area contributed by atoms with Crippen LogP contribution >= 0.6 is 0 Å². The molecule has 0 radical (unpaired) electrons. The van der Waals surface area contributed by atoms with Gasteiger partial charge in [-0.15, -0.1) is 0 Å². The zero-order chi connectivity index (χ0) is 15.3. The Morgan fingerprint density at radius 3 is 2.52 bits per heavy atom. The maximum atomic E-state index is 5.73. The van der Waals surface area contributed by atoms with Crippen LogP contribution in [0.15, 0.2) is 18.3 Å². The molecule has 3 nitrogen and oxygen atoms in total. The first-order valence-corrected chi connectivity index (χ1v) is 8.55. The fourth-order valence-corrected chi connectivity index (χ4v) is 2.32. The molecule has 0 aliphatic rings. The van der Waals surface area contributed by atoms with Crippen LogP contribution in [0.25, 0.3) is 0 Å². The average Bonchev–Trinajstić information content (AvgIpc) is 2.46. The van der Waals surface area contributed by atoms with Gasteiger partial charge in [0.15, 0.2) is 0 Å². The predicted octanol–water partition coefficient (Wildman–Crippen LogP) is 4.71. The van der Waals surface area contributed by atoms with Crippen LogP contribution in [-0.4, -0.2) is 17.6 Å². The van der Waals surface area contributed by atoms with E-state index in [2.05, 4.69) is 23.3 Å². The molecule has 0 aliphatic heterocycles. The fourth-order valence-electron chi connectivity index (χ4n) is 2.32. The van der Waals surface area contributed by atoms with Crippen LogP contribution in [0.1, 0.15) is 71.3 Å². The lowest BCUT2D eigenvalue weighted by atomic mass is 10.1. The van der Waals surface area contributed by atoms with Crippen molar-refractivity contribution in [2.75, 3.05) is 6.54 Å². The Hall–Kier alpha value is -1.09. The molecular formula is C18H32N2O. The molecule has 0 spiro atoms. The van der Waals surface area contributed by atoms with E-state index in [4.69, 9.17) is 4.74 Å². The third kappa shape index (κ3) is 8.71. The minimum Gasteiger partial charge on any atom is -0.475 e. The molecule has 0 aliphatic carbocycles. The van der Waals surface area contributed by atoms with Gasteiger partial charge in [0.1, 0.15) is 0 Å². The van der Waals surface area contributed by atoms with Crippen molar-refractivity contribution in [2.45, 2.75) is 78.4 Å². The van der Waals surface area contributed by atoms with Gasteiger partial charge in [-0.2, -0.15) is 0 Å². The fraction of sp³-hybridized carbons (Fsp3) is 0.722. The zero-order valence-electron chi connectivity index (χ0n) is 14.0. The Labute approximate surface area is 130 Å². The summed E-state index contributed by atoms with van der Waals surface area (Å²) in [4.78, 5) is 4.31. The van der Waals surface area contributed by atoms with Gasteiger partial charge in [0.25, 0.3) is 0 Å². The van der Waals surface area contributed by atoms with Crippen molar-refractivity contribution in [3.8, 4) is 5.88 Å². The van der Waals surface area contributed by atoms with E-state index in [0.717, 1.165) is 24.5 Å². The molecule has 1 rings (SSSR count). The first kappa shape index (κ1) is 18.0. The largest absolute Gasteiger partial charge is 0.475 e. The van der Waals surface area contributed by atoms with Crippen molar-refractivity contribution in [2.24, 2.45) is 0 Å². The van der Waals surface area contributed by atoms with Crippen molar-refractivity contribution in [1.29, 1.82) is 0 Å². The van der Waals surface area contributed by atoms with Crippen LogP contribution in [0.4, 0.5) is 0 Å². The summed E-state index contributed by atoms with van der Waals surface area (Å²) in [6.07, 6.45) is 11.4. The summed E-state index contributed by atoms with van der Waals surface area (Å²) in [6, 6.07) is 4.06. The maximum absolute atomic E-state index is 5.73. The van der Waals surface area contributed by atoms with Crippen LogP contribution in [0.5, 0.6) is 5.88 Å². The van der Waals surface area contributed by atoms with E-state index in [-0.39, 0.29) is 6.10 Å². The molecule has 21 heavy (non-hydrogen) atoms. The lowest BCUT2D eigenvalue weighted by Crippen LogP contribution is -2.17. The molecule has 1 aromatic rings. The van der Waals surface area contributed by atoms with Gasteiger partial charge in [0, 0.05) is 18.3 Å². The van der Waals surface area contributed by atoms with Crippen molar-refractivity contribution in [3.63, 3.8) is 0 Å². The molecule has 0 bridgehead atoms. The summed E-state index contributed by atoms with van der Waals surface area (Å²) in [5.41, 5.74) is 1.15. The van der Waals surface area contributed by atoms with Gasteiger partial charge in [-0.3, -0.25) is 0 Å². The van der Waals surface area contributed by atoms with Gasteiger partial charge in [-0.25, -0.2) is 4.98 Å². The zero-order valence-corrected chi connectivity index (χ0v) is 14.0. The Balaban J connectivity index is 2.12. The van der Waals surface area contributed by atoms with E-state index < -0.39 is 0 Å². The Morgan fingerprint density at radius 2 is 1.81 bits per heavy atom. The summed E-state index contributed by atoms with van der Waals surface area (Å²) in [5, 5.41) is 3.50. The molecule has 120 valence electrons. The summed E-state index contributed by atoms with van der Waals surface area (Å²) < 4.78 is 5.73. The average molecular weight is 292 g/mol. The SMILES string of the molecule is CCCCCCCCCNCc1cccnc1OC(C)C. The molecule has 0 amide bonds. The molecule has 0 aromatic carbocycles. The predicted molar refractivity (Wildman–Crippen MR) is 89.7 cm³/mol. The molecule has 3 heteroatoms. The molecule has 0 fully saturated rings. The molecule has 0 saturated carbocycles. The standard InChI is InChI=1S/C18H32N2O/c1-4-5-6-7-8-9-10-13-19-15-17-12-11-14-20-18(17)21-16(2)3/h11-12,14,16,19H,4-10,13,15H2,1-3H3. The van der Waals surface area contributed by atoms with Crippen molar-refractivity contribution in [3.05, 3.63) is 23.9 Å². The molecule has 1 heterocycles. The monoisotopic (exact) mass is 292 g/mol. The second kappa shape index (κ2) is 11.6. The first-order chi connectivity index (χ1) is 10.2. The van der Waals surface area contributed by atoms with Crippen LogP contribution in [0, 0.1) is 0 Å². The smallest absolute Gasteiger partial charge is 0.218 e. The van der Waals surface area contributed by atoms with Gasteiger partial charge in [0.05, 0.1) is 6.10 Å². The van der Waals surface area contributed by atoms with Gasteiger partial charge >= 0.3 is 0 Å². The van der Waals surface area contributed by atoms with Crippen LogP contribution < -0.4 is 10.1 Å².